The summed E-state index contributed by atoms with van der Waals surface area (Å²) in [6, 6.07) is 15.9. The van der Waals surface area contributed by atoms with Crippen LogP contribution in [0.2, 0.25) is 0 Å². The van der Waals surface area contributed by atoms with E-state index in [4.69, 9.17) is 10.5 Å². The molecule has 0 radical (unpaired) electrons. The second-order valence-corrected chi connectivity index (χ2v) is 5.42. The topological polar surface area (TPSA) is 77.2 Å². The van der Waals surface area contributed by atoms with Gasteiger partial charge in [0.05, 0.1) is 5.56 Å². The number of hydrogen-bond acceptors (Lipinski definition) is 4. The highest BCUT2D eigenvalue weighted by atomic mass is 19.1. The van der Waals surface area contributed by atoms with Gasteiger partial charge < -0.3 is 15.8 Å². The maximum Gasteiger partial charge on any atom is 0.259 e. The van der Waals surface area contributed by atoms with E-state index in [2.05, 4.69) is 10.3 Å². The lowest BCUT2D eigenvalue weighted by Crippen LogP contribution is -2.15. The summed E-state index contributed by atoms with van der Waals surface area (Å²) in [7, 11) is 0. The van der Waals surface area contributed by atoms with Crippen molar-refractivity contribution in [3.8, 4) is 11.5 Å². The quantitative estimate of drug-likeness (QED) is 0.749. The first kappa shape index (κ1) is 16.4. The van der Waals surface area contributed by atoms with Crippen LogP contribution in [0.4, 0.5) is 15.9 Å². The number of nitrogens with one attached hydrogen (secondary N) is 1. The summed E-state index contributed by atoms with van der Waals surface area (Å²) in [6.07, 6.45) is 0. The first-order valence-corrected chi connectivity index (χ1v) is 7.59. The molecule has 0 atom stereocenters. The molecule has 0 spiro atoms. The van der Waals surface area contributed by atoms with Gasteiger partial charge in [0.25, 0.3) is 5.91 Å². The molecule has 0 bridgehead atoms. The smallest absolute Gasteiger partial charge is 0.259 e. The molecule has 6 heteroatoms. The molecule has 0 unspecified atom stereocenters. The van der Waals surface area contributed by atoms with Gasteiger partial charge in [-0.2, -0.15) is 0 Å². The highest BCUT2D eigenvalue weighted by molar-refractivity contribution is 6.07. The molecule has 0 saturated carbocycles. The Bertz CT molecular complexity index is 911. The van der Waals surface area contributed by atoms with Gasteiger partial charge in [-0.15, -0.1) is 0 Å². The van der Waals surface area contributed by atoms with Gasteiger partial charge in [-0.3, -0.25) is 4.79 Å². The highest BCUT2D eigenvalue weighted by Crippen LogP contribution is 2.25. The molecule has 0 fully saturated rings. The van der Waals surface area contributed by atoms with Crippen LogP contribution in [0.1, 0.15) is 16.1 Å². The van der Waals surface area contributed by atoms with Crippen LogP contribution in [0.25, 0.3) is 0 Å². The van der Waals surface area contributed by atoms with Crippen LogP contribution in [0, 0.1) is 12.7 Å². The minimum Gasteiger partial charge on any atom is -0.457 e. The molecule has 0 aliphatic heterocycles. The highest BCUT2D eigenvalue weighted by Gasteiger charge is 2.11. The molecule has 126 valence electrons. The number of rotatable bonds is 4. The Labute approximate surface area is 144 Å². The van der Waals surface area contributed by atoms with Crippen molar-refractivity contribution in [3.05, 3.63) is 77.7 Å². The van der Waals surface area contributed by atoms with Crippen LogP contribution < -0.4 is 15.8 Å². The molecule has 2 aromatic carbocycles. The van der Waals surface area contributed by atoms with Crippen molar-refractivity contribution in [2.24, 2.45) is 0 Å². The number of nitrogens with zero attached hydrogens (tertiary/aromatic N) is 1. The van der Waals surface area contributed by atoms with Crippen LogP contribution >= 0.6 is 0 Å². The maximum atomic E-state index is 12.9. The Hall–Kier alpha value is -3.41. The van der Waals surface area contributed by atoms with E-state index in [1.165, 1.54) is 24.3 Å². The van der Waals surface area contributed by atoms with Crippen molar-refractivity contribution in [3.63, 3.8) is 0 Å². The largest absolute Gasteiger partial charge is 0.457 e. The maximum absolute atomic E-state index is 12.9. The Morgan fingerprint density at radius 1 is 1.08 bits per heavy atom. The van der Waals surface area contributed by atoms with Gasteiger partial charge in [0, 0.05) is 17.4 Å². The lowest BCUT2D eigenvalue weighted by Gasteiger charge is -2.10. The normalized spacial score (nSPS) is 10.3. The van der Waals surface area contributed by atoms with E-state index in [0.717, 1.165) is 5.69 Å². The molecular formula is C19H16FN3O2. The SMILES string of the molecule is Cc1ccc(C(=O)Nc2cccc(Oc3ccc(F)cc3)c2)c(N)n1. The molecule has 0 saturated heterocycles. The number of benzene rings is 2. The first-order chi connectivity index (χ1) is 12.0. The summed E-state index contributed by atoms with van der Waals surface area (Å²) < 4.78 is 18.6. The molecule has 3 aromatic rings. The molecule has 0 aliphatic carbocycles. The van der Waals surface area contributed by atoms with Gasteiger partial charge >= 0.3 is 0 Å². The molecule has 25 heavy (non-hydrogen) atoms. The van der Waals surface area contributed by atoms with Crippen LogP contribution in [-0.4, -0.2) is 10.9 Å². The average Bonchev–Trinajstić information content (AvgIpc) is 2.57. The van der Waals surface area contributed by atoms with E-state index < -0.39 is 0 Å². The standard InChI is InChI=1S/C19H16FN3O2/c1-12-5-10-17(18(21)22-12)19(24)23-14-3-2-4-16(11-14)25-15-8-6-13(20)7-9-15/h2-11H,1H3,(H2,21,22)(H,23,24). The number of anilines is 2. The number of pyridine rings is 1. The summed E-state index contributed by atoms with van der Waals surface area (Å²) in [5, 5.41) is 2.75. The van der Waals surface area contributed by atoms with Gasteiger partial charge in [-0.05, 0) is 55.5 Å². The number of halogens is 1. The fourth-order valence-electron chi connectivity index (χ4n) is 2.24. The second-order valence-electron chi connectivity index (χ2n) is 5.42. The number of ether oxygens (including phenoxy) is 1. The Morgan fingerprint density at radius 2 is 1.84 bits per heavy atom. The fraction of sp³-hybridized carbons (Fsp3) is 0.0526. The van der Waals surface area contributed by atoms with E-state index in [1.54, 1.807) is 43.3 Å². The summed E-state index contributed by atoms with van der Waals surface area (Å²) in [5.74, 6) is 0.495. The zero-order chi connectivity index (χ0) is 17.8. The van der Waals surface area contributed by atoms with Gasteiger partial charge in [0.1, 0.15) is 23.1 Å². The molecule has 1 heterocycles. The number of carbonyl (C=O) groups is 1. The predicted molar refractivity (Wildman–Crippen MR) is 94.3 cm³/mol. The fourth-order valence-corrected chi connectivity index (χ4v) is 2.24. The van der Waals surface area contributed by atoms with E-state index in [1.807, 2.05) is 0 Å². The van der Waals surface area contributed by atoms with E-state index in [0.29, 0.717) is 22.7 Å². The number of aryl methyl sites for hydroxylation is 1. The van der Waals surface area contributed by atoms with Crippen molar-refractivity contribution in [1.82, 2.24) is 4.98 Å². The zero-order valence-corrected chi connectivity index (χ0v) is 13.5. The van der Waals surface area contributed by atoms with Crippen molar-refractivity contribution >= 4 is 17.4 Å². The molecule has 0 aliphatic rings. The number of hydrogen-bond donors (Lipinski definition) is 2. The number of nitrogens with two attached hydrogens (primary N) is 1. The average molecular weight is 337 g/mol. The molecule has 3 N–H and O–H groups in total. The van der Waals surface area contributed by atoms with Gasteiger partial charge in [-0.25, -0.2) is 9.37 Å². The molecule has 1 aromatic heterocycles. The predicted octanol–water partition coefficient (Wildman–Crippen LogP) is 4.16. The van der Waals surface area contributed by atoms with Crippen molar-refractivity contribution in [2.45, 2.75) is 6.92 Å². The number of carbonyl (C=O) groups excluding carboxylic acids is 1. The Morgan fingerprint density at radius 3 is 2.56 bits per heavy atom. The van der Waals surface area contributed by atoms with E-state index >= 15 is 0 Å². The molecule has 1 amide bonds. The Kier molecular flexibility index (Phi) is 4.61. The van der Waals surface area contributed by atoms with Crippen molar-refractivity contribution < 1.29 is 13.9 Å². The van der Waals surface area contributed by atoms with E-state index in [-0.39, 0.29) is 17.5 Å². The van der Waals surface area contributed by atoms with Gasteiger partial charge in [-0.1, -0.05) is 6.07 Å². The third kappa shape index (κ3) is 4.11. The zero-order valence-electron chi connectivity index (χ0n) is 13.5. The third-order valence-corrected chi connectivity index (χ3v) is 3.45. The van der Waals surface area contributed by atoms with Crippen LogP contribution in [0.15, 0.2) is 60.7 Å². The second kappa shape index (κ2) is 7.00. The van der Waals surface area contributed by atoms with Crippen LogP contribution in [0.5, 0.6) is 11.5 Å². The first-order valence-electron chi connectivity index (χ1n) is 7.59. The van der Waals surface area contributed by atoms with Crippen molar-refractivity contribution in [2.75, 3.05) is 11.1 Å². The van der Waals surface area contributed by atoms with Crippen LogP contribution in [0.3, 0.4) is 0 Å². The molecular weight excluding hydrogens is 321 g/mol. The number of aromatic nitrogens is 1. The van der Waals surface area contributed by atoms with E-state index in [9.17, 15) is 9.18 Å². The minimum absolute atomic E-state index is 0.177. The summed E-state index contributed by atoms with van der Waals surface area (Å²) in [6.45, 7) is 1.80. The van der Waals surface area contributed by atoms with Gasteiger partial charge in [0.15, 0.2) is 0 Å². The number of nitrogen functional groups attached to an aromatic ring is 1. The lowest BCUT2D eigenvalue weighted by molar-refractivity contribution is 0.102. The summed E-state index contributed by atoms with van der Waals surface area (Å²) in [5.41, 5.74) is 7.38. The minimum atomic E-state index is -0.357. The van der Waals surface area contributed by atoms with Crippen LogP contribution in [-0.2, 0) is 0 Å². The molecule has 3 rings (SSSR count). The monoisotopic (exact) mass is 337 g/mol. The Balaban J connectivity index is 1.75. The summed E-state index contributed by atoms with van der Waals surface area (Å²) in [4.78, 5) is 16.4. The third-order valence-electron chi connectivity index (χ3n) is 3.45. The summed E-state index contributed by atoms with van der Waals surface area (Å²) >= 11 is 0. The van der Waals surface area contributed by atoms with Gasteiger partial charge in [0.2, 0.25) is 0 Å². The number of amides is 1. The van der Waals surface area contributed by atoms with Crippen molar-refractivity contribution in [1.29, 1.82) is 0 Å². The lowest BCUT2D eigenvalue weighted by atomic mass is 10.2. The molecule has 5 nitrogen and oxygen atoms in total.